The van der Waals surface area contributed by atoms with Crippen LogP contribution in [-0.4, -0.2) is 15.7 Å². The SMILES string of the molecule is NC(=O)c1ccc(-n2nc(C(F)(F)F)cc2-c2cccc3cc4ccccc4cc23)cc1. The average Bonchev–Trinajstić information content (AvgIpc) is 3.23. The third-order valence-electron chi connectivity index (χ3n) is 5.42. The van der Waals surface area contributed by atoms with Crippen LogP contribution >= 0.6 is 0 Å². The summed E-state index contributed by atoms with van der Waals surface area (Å²) in [6, 6.07) is 24.4. The molecule has 0 bridgehead atoms. The average molecular weight is 431 g/mol. The van der Waals surface area contributed by atoms with Crippen molar-refractivity contribution in [2.24, 2.45) is 5.73 Å². The highest BCUT2D eigenvalue weighted by molar-refractivity contribution is 6.04. The molecule has 2 N–H and O–H groups in total. The number of fused-ring (bicyclic) bond motifs is 2. The topological polar surface area (TPSA) is 60.9 Å². The van der Waals surface area contributed by atoms with E-state index in [2.05, 4.69) is 5.10 Å². The molecule has 7 heteroatoms. The zero-order valence-corrected chi connectivity index (χ0v) is 16.6. The van der Waals surface area contributed by atoms with Gasteiger partial charge in [-0.3, -0.25) is 4.79 Å². The number of hydrogen-bond acceptors (Lipinski definition) is 2. The van der Waals surface area contributed by atoms with Crippen LogP contribution in [0.5, 0.6) is 0 Å². The number of carbonyl (C=O) groups excluding carboxylic acids is 1. The summed E-state index contributed by atoms with van der Waals surface area (Å²) in [4.78, 5) is 11.4. The fourth-order valence-corrected chi connectivity index (χ4v) is 3.87. The fourth-order valence-electron chi connectivity index (χ4n) is 3.87. The predicted molar refractivity (Wildman–Crippen MR) is 118 cm³/mol. The molecule has 0 aliphatic carbocycles. The lowest BCUT2D eigenvalue weighted by Gasteiger charge is -2.11. The van der Waals surface area contributed by atoms with Crippen LogP contribution < -0.4 is 5.73 Å². The highest BCUT2D eigenvalue weighted by atomic mass is 19.4. The Hall–Kier alpha value is -4.13. The Morgan fingerprint density at radius 3 is 2.12 bits per heavy atom. The molecule has 5 rings (SSSR count). The molecule has 0 saturated heterocycles. The molecule has 0 unspecified atom stereocenters. The van der Waals surface area contributed by atoms with Crippen LogP contribution in [0, 0.1) is 0 Å². The van der Waals surface area contributed by atoms with Gasteiger partial charge in [0.15, 0.2) is 5.69 Å². The summed E-state index contributed by atoms with van der Waals surface area (Å²) < 4.78 is 42.0. The van der Waals surface area contributed by atoms with E-state index >= 15 is 0 Å². The first kappa shape index (κ1) is 19.8. The van der Waals surface area contributed by atoms with Crippen LogP contribution in [0.25, 0.3) is 38.5 Å². The van der Waals surface area contributed by atoms with Gasteiger partial charge in [0.05, 0.1) is 11.4 Å². The van der Waals surface area contributed by atoms with E-state index in [0.717, 1.165) is 27.6 Å². The van der Waals surface area contributed by atoms with Crippen molar-refractivity contribution in [1.29, 1.82) is 0 Å². The van der Waals surface area contributed by atoms with Gasteiger partial charge >= 0.3 is 6.18 Å². The Morgan fingerprint density at radius 1 is 0.812 bits per heavy atom. The summed E-state index contributed by atoms with van der Waals surface area (Å²) in [5.74, 6) is -0.617. The second-order valence-corrected chi connectivity index (χ2v) is 7.46. The number of nitrogens with two attached hydrogens (primary N) is 1. The first-order chi connectivity index (χ1) is 15.3. The van der Waals surface area contributed by atoms with E-state index in [4.69, 9.17) is 5.73 Å². The van der Waals surface area contributed by atoms with Gasteiger partial charge < -0.3 is 5.73 Å². The molecule has 0 aliphatic rings. The number of rotatable bonds is 3. The molecule has 1 aromatic heterocycles. The minimum absolute atomic E-state index is 0.259. The quantitative estimate of drug-likeness (QED) is 0.358. The Bertz CT molecular complexity index is 1480. The second-order valence-electron chi connectivity index (χ2n) is 7.46. The van der Waals surface area contributed by atoms with Crippen molar-refractivity contribution in [2.75, 3.05) is 0 Å². The minimum atomic E-state index is -4.61. The van der Waals surface area contributed by atoms with Gasteiger partial charge in [0.25, 0.3) is 0 Å². The molecule has 0 spiro atoms. The van der Waals surface area contributed by atoms with Crippen molar-refractivity contribution in [2.45, 2.75) is 6.18 Å². The molecule has 0 atom stereocenters. The number of primary amides is 1. The first-order valence-electron chi connectivity index (χ1n) is 9.81. The molecule has 0 saturated carbocycles. The van der Waals surface area contributed by atoms with E-state index in [1.54, 1.807) is 6.07 Å². The minimum Gasteiger partial charge on any atom is -0.366 e. The normalized spacial score (nSPS) is 11.8. The highest BCUT2D eigenvalue weighted by Crippen LogP contribution is 2.37. The van der Waals surface area contributed by atoms with Gasteiger partial charge in [-0.25, -0.2) is 4.68 Å². The number of carbonyl (C=O) groups is 1. The number of alkyl halides is 3. The predicted octanol–water partition coefficient (Wildman–Crippen LogP) is 5.96. The third kappa shape index (κ3) is 3.37. The zero-order chi connectivity index (χ0) is 22.5. The van der Waals surface area contributed by atoms with E-state index in [9.17, 15) is 18.0 Å². The van der Waals surface area contributed by atoms with Crippen molar-refractivity contribution >= 4 is 27.5 Å². The molecule has 0 radical (unpaired) electrons. The molecular weight excluding hydrogens is 415 g/mol. The Kier molecular flexibility index (Phi) is 4.48. The van der Waals surface area contributed by atoms with Gasteiger partial charge in [-0.05, 0) is 64.0 Å². The van der Waals surface area contributed by atoms with Crippen molar-refractivity contribution in [3.8, 4) is 16.9 Å². The summed E-state index contributed by atoms with van der Waals surface area (Å²) >= 11 is 0. The number of amides is 1. The third-order valence-corrected chi connectivity index (χ3v) is 5.42. The van der Waals surface area contributed by atoms with Crippen LogP contribution in [0.2, 0.25) is 0 Å². The van der Waals surface area contributed by atoms with Gasteiger partial charge in [0.2, 0.25) is 5.91 Å². The van der Waals surface area contributed by atoms with Crippen LogP contribution in [0.3, 0.4) is 0 Å². The standard InChI is InChI=1S/C25H16F3N3O/c26-25(27,28)23-14-22(31(30-23)19-10-8-15(9-11-19)24(29)32)20-7-3-6-18-12-16-4-1-2-5-17(16)13-21(18)20/h1-14H,(H2,29,32). The molecule has 1 heterocycles. The summed E-state index contributed by atoms with van der Waals surface area (Å²) in [6.45, 7) is 0. The fraction of sp³-hybridized carbons (Fsp3) is 0.0400. The van der Waals surface area contributed by atoms with E-state index in [1.165, 1.54) is 28.9 Å². The molecule has 5 aromatic rings. The molecule has 158 valence electrons. The largest absolute Gasteiger partial charge is 0.435 e. The van der Waals surface area contributed by atoms with E-state index in [-0.39, 0.29) is 5.56 Å². The lowest BCUT2D eigenvalue weighted by Crippen LogP contribution is -2.11. The maximum atomic E-state index is 13.6. The van der Waals surface area contributed by atoms with Gasteiger partial charge in [0.1, 0.15) is 0 Å². The monoisotopic (exact) mass is 431 g/mol. The lowest BCUT2D eigenvalue weighted by molar-refractivity contribution is -0.141. The van der Waals surface area contributed by atoms with Crippen molar-refractivity contribution in [3.63, 3.8) is 0 Å². The maximum Gasteiger partial charge on any atom is 0.435 e. The number of aromatic nitrogens is 2. The van der Waals surface area contributed by atoms with Gasteiger partial charge in [-0.1, -0.05) is 42.5 Å². The number of halogens is 3. The van der Waals surface area contributed by atoms with Gasteiger partial charge in [0, 0.05) is 11.1 Å². The van der Waals surface area contributed by atoms with Crippen molar-refractivity contribution in [3.05, 3.63) is 96.2 Å². The molecule has 0 fully saturated rings. The Morgan fingerprint density at radius 2 is 1.47 bits per heavy atom. The molecule has 4 aromatic carbocycles. The van der Waals surface area contributed by atoms with E-state index in [1.807, 2.05) is 48.5 Å². The maximum absolute atomic E-state index is 13.6. The van der Waals surface area contributed by atoms with Crippen LogP contribution in [-0.2, 0) is 6.18 Å². The molecule has 4 nitrogen and oxygen atoms in total. The van der Waals surface area contributed by atoms with Crippen LogP contribution in [0.4, 0.5) is 13.2 Å². The molecule has 0 aliphatic heterocycles. The summed E-state index contributed by atoms with van der Waals surface area (Å²) in [7, 11) is 0. The zero-order valence-electron chi connectivity index (χ0n) is 16.6. The molecule has 1 amide bonds. The Balaban J connectivity index is 1.77. The van der Waals surface area contributed by atoms with Gasteiger partial charge in [-0.2, -0.15) is 18.3 Å². The second kappa shape index (κ2) is 7.23. The van der Waals surface area contributed by atoms with Crippen molar-refractivity contribution in [1.82, 2.24) is 9.78 Å². The smallest absolute Gasteiger partial charge is 0.366 e. The first-order valence-corrected chi connectivity index (χ1v) is 9.81. The molecule has 32 heavy (non-hydrogen) atoms. The van der Waals surface area contributed by atoms with Crippen molar-refractivity contribution < 1.29 is 18.0 Å². The number of nitrogens with zero attached hydrogens (tertiary/aromatic N) is 2. The lowest BCUT2D eigenvalue weighted by atomic mass is 9.98. The highest BCUT2D eigenvalue weighted by Gasteiger charge is 2.35. The summed E-state index contributed by atoms with van der Waals surface area (Å²) in [5, 5.41) is 7.60. The van der Waals surface area contributed by atoms with E-state index in [0.29, 0.717) is 16.9 Å². The van der Waals surface area contributed by atoms with Gasteiger partial charge in [-0.15, -0.1) is 0 Å². The van der Waals surface area contributed by atoms with Crippen LogP contribution in [0.15, 0.2) is 84.9 Å². The Labute approximate surface area is 180 Å². The van der Waals surface area contributed by atoms with E-state index < -0.39 is 17.8 Å². The molecular formula is C25H16F3N3O. The summed E-state index contributed by atoms with van der Waals surface area (Å²) in [6.07, 6.45) is -4.61. The van der Waals surface area contributed by atoms with Crippen LogP contribution in [0.1, 0.15) is 16.1 Å². The summed E-state index contributed by atoms with van der Waals surface area (Å²) in [5.41, 5.74) is 5.85. The number of benzene rings is 4. The number of hydrogen-bond donors (Lipinski definition) is 1.